The molecule has 0 amide bonds. The van der Waals surface area contributed by atoms with E-state index in [2.05, 4.69) is 33.4 Å². The molecule has 0 saturated carbocycles. The fraction of sp³-hybridized carbons (Fsp3) is 0.200. The Bertz CT molecular complexity index is 534. The second kappa shape index (κ2) is 6.76. The molecule has 0 aromatic heterocycles. The standard InChI is InChI=1S/C15H14BrCl2N/c1-19-15(6-10-2-4-12(16)5-3-10)11-7-13(17)9-14(18)8-11/h2-5,7-9,15,19H,6H2,1H3. The van der Waals surface area contributed by atoms with Crippen molar-refractivity contribution in [1.29, 1.82) is 0 Å². The van der Waals surface area contributed by atoms with Crippen molar-refractivity contribution in [3.63, 3.8) is 0 Å². The summed E-state index contributed by atoms with van der Waals surface area (Å²) in [6.45, 7) is 0. The van der Waals surface area contributed by atoms with Crippen molar-refractivity contribution in [2.24, 2.45) is 0 Å². The Hall–Kier alpha value is -0.540. The summed E-state index contributed by atoms with van der Waals surface area (Å²) in [6, 6.07) is 14.2. The Morgan fingerprint density at radius 1 is 1.05 bits per heavy atom. The molecule has 0 bridgehead atoms. The maximum Gasteiger partial charge on any atom is 0.0424 e. The normalized spacial score (nSPS) is 12.4. The fourth-order valence-electron chi connectivity index (χ4n) is 2.02. The van der Waals surface area contributed by atoms with Gasteiger partial charge < -0.3 is 5.32 Å². The lowest BCUT2D eigenvalue weighted by atomic mass is 9.99. The zero-order chi connectivity index (χ0) is 13.8. The summed E-state index contributed by atoms with van der Waals surface area (Å²) < 4.78 is 1.09. The second-order valence-corrected chi connectivity index (χ2v) is 6.16. The third-order valence-corrected chi connectivity index (χ3v) is 3.95. The quantitative estimate of drug-likeness (QED) is 0.786. The number of nitrogens with one attached hydrogen (secondary N) is 1. The van der Waals surface area contributed by atoms with Crippen molar-refractivity contribution in [1.82, 2.24) is 5.32 Å². The van der Waals surface area contributed by atoms with Crippen LogP contribution in [0.3, 0.4) is 0 Å². The number of hydrogen-bond donors (Lipinski definition) is 1. The van der Waals surface area contributed by atoms with Gasteiger partial charge in [0.25, 0.3) is 0 Å². The maximum atomic E-state index is 6.06. The van der Waals surface area contributed by atoms with E-state index in [1.807, 2.05) is 31.3 Å². The molecule has 2 aromatic rings. The molecule has 2 rings (SSSR count). The summed E-state index contributed by atoms with van der Waals surface area (Å²) in [5.41, 5.74) is 2.36. The first-order valence-corrected chi connectivity index (χ1v) is 7.51. The minimum Gasteiger partial charge on any atom is -0.313 e. The van der Waals surface area contributed by atoms with Gasteiger partial charge >= 0.3 is 0 Å². The maximum absolute atomic E-state index is 6.06. The van der Waals surface area contributed by atoms with Crippen LogP contribution in [0.4, 0.5) is 0 Å². The Morgan fingerprint density at radius 3 is 2.16 bits per heavy atom. The van der Waals surface area contributed by atoms with Crippen molar-refractivity contribution in [3.8, 4) is 0 Å². The third kappa shape index (κ3) is 4.22. The van der Waals surface area contributed by atoms with Gasteiger partial charge in [-0.15, -0.1) is 0 Å². The highest BCUT2D eigenvalue weighted by atomic mass is 79.9. The molecule has 0 aliphatic carbocycles. The van der Waals surface area contributed by atoms with E-state index in [0.717, 1.165) is 16.5 Å². The lowest BCUT2D eigenvalue weighted by Crippen LogP contribution is -2.18. The van der Waals surface area contributed by atoms with Gasteiger partial charge in [0, 0.05) is 20.6 Å². The molecule has 0 fully saturated rings. The summed E-state index contributed by atoms with van der Waals surface area (Å²) in [5, 5.41) is 4.64. The van der Waals surface area contributed by atoms with Crippen molar-refractivity contribution < 1.29 is 0 Å². The van der Waals surface area contributed by atoms with Crippen LogP contribution in [-0.4, -0.2) is 7.05 Å². The largest absolute Gasteiger partial charge is 0.313 e. The van der Waals surface area contributed by atoms with E-state index in [1.165, 1.54) is 5.56 Å². The average molecular weight is 359 g/mol. The molecule has 1 atom stereocenters. The van der Waals surface area contributed by atoms with Crippen LogP contribution < -0.4 is 5.32 Å². The Morgan fingerprint density at radius 2 is 1.63 bits per heavy atom. The Balaban J connectivity index is 2.22. The van der Waals surface area contributed by atoms with E-state index >= 15 is 0 Å². The highest BCUT2D eigenvalue weighted by Crippen LogP contribution is 2.26. The molecular formula is C15H14BrCl2N. The number of likely N-dealkylation sites (N-methyl/N-ethyl adjacent to an activating group) is 1. The van der Waals surface area contributed by atoms with Crippen LogP contribution >= 0.6 is 39.1 Å². The van der Waals surface area contributed by atoms with Gasteiger partial charge in [-0.1, -0.05) is 51.3 Å². The number of halogens is 3. The van der Waals surface area contributed by atoms with Crippen molar-refractivity contribution in [2.75, 3.05) is 7.05 Å². The van der Waals surface area contributed by atoms with Crippen LogP contribution in [0.1, 0.15) is 17.2 Å². The lowest BCUT2D eigenvalue weighted by molar-refractivity contribution is 0.592. The van der Waals surface area contributed by atoms with Crippen molar-refractivity contribution >= 4 is 39.1 Å². The minimum atomic E-state index is 0.192. The second-order valence-electron chi connectivity index (χ2n) is 4.37. The van der Waals surface area contributed by atoms with Gasteiger partial charge in [0.2, 0.25) is 0 Å². The van der Waals surface area contributed by atoms with E-state index in [9.17, 15) is 0 Å². The van der Waals surface area contributed by atoms with Crippen molar-refractivity contribution in [2.45, 2.75) is 12.5 Å². The summed E-state index contributed by atoms with van der Waals surface area (Å²) in [5.74, 6) is 0. The van der Waals surface area contributed by atoms with Gasteiger partial charge in [-0.3, -0.25) is 0 Å². The van der Waals surface area contributed by atoms with Crippen LogP contribution in [0.2, 0.25) is 10.0 Å². The summed E-state index contributed by atoms with van der Waals surface area (Å²) >= 11 is 15.6. The molecule has 2 aromatic carbocycles. The molecule has 100 valence electrons. The first-order valence-electron chi connectivity index (χ1n) is 5.96. The zero-order valence-electron chi connectivity index (χ0n) is 10.5. The van der Waals surface area contributed by atoms with Crippen LogP contribution in [0.25, 0.3) is 0 Å². The first kappa shape index (κ1) is 14.9. The van der Waals surface area contributed by atoms with E-state index < -0.39 is 0 Å². The number of benzene rings is 2. The molecule has 0 saturated heterocycles. The molecule has 0 aliphatic rings. The van der Waals surface area contributed by atoms with Crippen LogP contribution in [0.5, 0.6) is 0 Å². The Kier molecular flexibility index (Phi) is 5.28. The molecule has 0 heterocycles. The van der Waals surface area contributed by atoms with Crippen LogP contribution in [-0.2, 0) is 6.42 Å². The van der Waals surface area contributed by atoms with Gasteiger partial charge in [0.05, 0.1) is 0 Å². The van der Waals surface area contributed by atoms with Gasteiger partial charge in [-0.05, 0) is 54.9 Å². The average Bonchev–Trinajstić information content (AvgIpc) is 2.37. The van der Waals surface area contributed by atoms with Gasteiger partial charge in [-0.2, -0.15) is 0 Å². The SMILES string of the molecule is CNC(Cc1ccc(Br)cc1)c1cc(Cl)cc(Cl)c1. The van der Waals surface area contributed by atoms with E-state index in [1.54, 1.807) is 6.07 Å². The van der Waals surface area contributed by atoms with Crippen LogP contribution in [0.15, 0.2) is 46.9 Å². The highest BCUT2D eigenvalue weighted by Gasteiger charge is 2.11. The van der Waals surface area contributed by atoms with Crippen LogP contribution in [0, 0.1) is 0 Å². The van der Waals surface area contributed by atoms with Gasteiger partial charge in [-0.25, -0.2) is 0 Å². The monoisotopic (exact) mass is 357 g/mol. The van der Waals surface area contributed by atoms with E-state index in [-0.39, 0.29) is 6.04 Å². The van der Waals surface area contributed by atoms with Crippen molar-refractivity contribution in [3.05, 3.63) is 68.1 Å². The highest BCUT2D eigenvalue weighted by molar-refractivity contribution is 9.10. The number of hydrogen-bond acceptors (Lipinski definition) is 1. The predicted molar refractivity (Wildman–Crippen MR) is 86.1 cm³/mol. The molecule has 1 unspecified atom stereocenters. The van der Waals surface area contributed by atoms with E-state index in [4.69, 9.17) is 23.2 Å². The first-order chi connectivity index (χ1) is 9.08. The third-order valence-electron chi connectivity index (χ3n) is 2.99. The lowest BCUT2D eigenvalue weighted by Gasteiger charge is -2.17. The topological polar surface area (TPSA) is 12.0 Å². The molecule has 19 heavy (non-hydrogen) atoms. The fourth-order valence-corrected chi connectivity index (χ4v) is 2.83. The minimum absolute atomic E-state index is 0.192. The van der Waals surface area contributed by atoms with E-state index in [0.29, 0.717) is 10.0 Å². The molecule has 1 nitrogen and oxygen atoms in total. The smallest absolute Gasteiger partial charge is 0.0424 e. The molecule has 0 radical (unpaired) electrons. The zero-order valence-corrected chi connectivity index (χ0v) is 13.6. The summed E-state index contributed by atoms with van der Waals surface area (Å²) in [7, 11) is 1.94. The van der Waals surface area contributed by atoms with Gasteiger partial charge in [0.15, 0.2) is 0 Å². The summed E-state index contributed by atoms with van der Waals surface area (Å²) in [6.07, 6.45) is 0.889. The number of rotatable bonds is 4. The van der Waals surface area contributed by atoms with Gasteiger partial charge in [0.1, 0.15) is 0 Å². The molecule has 0 aliphatic heterocycles. The molecule has 4 heteroatoms. The molecule has 1 N–H and O–H groups in total. The molecule has 0 spiro atoms. The summed E-state index contributed by atoms with van der Waals surface area (Å²) in [4.78, 5) is 0. The molecular weight excluding hydrogens is 345 g/mol. The predicted octanol–water partition coefficient (Wildman–Crippen LogP) is 5.26. The Labute approximate surface area is 132 Å².